The summed E-state index contributed by atoms with van der Waals surface area (Å²) >= 11 is 2.58. The van der Waals surface area contributed by atoms with Gasteiger partial charge in [-0.3, -0.25) is 0 Å². The third-order valence-electron chi connectivity index (χ3n) is 3.07. The van der Waals surface area contributed by atoms with E-state index in [1.54, 1.807) is 18.7 Å². The van der Waals surface area contributed by atoms with E-state index >= 15 is 0 Å². The van der Waals surface area contributed by atoms with Gasteiger partial charge in [0.15, 0.2) is 0 Å². The summed E-state index contributed by atoms with van der Waals surface area (Å²) < 4.78 is 26.7. The molecule has 2 heterocycles. The van der Waals surface area contributed by atoms with Crippen LogP contribution in [-0.4, -0.2) is 47.4 Å². The summed E-state index contributed by atoms with van der Waals surface area (Å²) in [4.78, 5) is 11.1. The Morgan fingerprint density at radius 3 is 2.60 bits per heavy atom. The molecule has 1 aliphatic rings. The van der Waals surface area contributed by atoms with Crippen molar-refractivity contribution in [2.45, 2.75) is 29.7 Å². The van der Waals surface area contributed by atoms with Gasteiger partial charge in [-0.1, -0.05) is 0 Å². The van der Waals surface area contributed by atoms with Gasteiger partial charge in [-0.05, 0) is 32.4 Å². The molecule has 0 atom stereocenters. The summed E-state index contributed by atoms with van der Waals surface area (Å²) in [5.74, 6) is -0.328. The summed E-state index contributed by atoms with van der Waals surface area (Å²) in [7, 11) is -3.59. The van der Waals surface area contributed by atoms with E-state index in [-0.39, 0.29) is 13.8 Å². The average Bonchev–Trinajstić information content (AvgIpc) is 2.70. The fraction of sp³-hybridized carbons (Fsp3) is 0.583. The van der Waals surface area contributed by atoms with Crippen LogP contribution < -0.4 is 0 Å². The number of aromatic carboxylic acids is 1. The summed E-state index contributed by atoms with van der Waals surface area (Å²) in [6.45, 7) is 6.56. The topological polar surface area (TPSA) is 74.7 Å². The number of hydrogen-bond donors (Lipinski definition) is 1. The molecule has 0 unspecified atom stereocenters. The van der Waals surface area contributed by atoms with Gasteiger partial charge in [0, 0.05) is 23.6 Å². The molecule has 112 valence electrons. The van der Waals surface area contributed by atoms with E-state index in [2.05, 4.69) is 0 Å². The lowest BCUT2D eigenvalue weighted by Crippen LogP contribution is -2.45. The van der Waals surface area contributed by atoms with Crippen molar-refractivity contribution in [1.82, 2.24) is 4.31 Å². The van der Waals surface area contributed by atoms with Gasteiger partial charge in [0.05, 0.1) is 0 Å². The highest BCUT2D eigenvalue weighted by atomic mass is 32.2. The summed E-state index contributed by atoms with van der Waals surface area (Å²) in [5.41, 5.74) is 0.492. The lowest BCUT2D eigenvalue weighted by atomic mass is 10.2. The van der Waals surface area contributed by atoms with E-state index in [9.17, 15) is 13.2 Å². The fourth-order valence-corrected chi connectivity index (χ4v) is 6.54. The standard InChI is InChI=1S/C12H17NO4S3/c1-8-6-9(19-10(8)11(14)15)20(16,17)13-4-5-18-12(2,3)7-13/h6H,4-5,7H2,1-3H3,(H,14,15). The lowest BCUT2D eigenvalue weighted by Gasteiger charge is -2.36. The van der Waals surface area contributed by atoms with E-state index in [1.807, 2.05) is 13.8 Å². The predicted molar refractivity (Wildman–Crippen MR) is 81.3 cm³/mol. The number of hydrogen-bond acceptors (Lipinski definition) is 5. The van der Waals surface area contributed by atoms with Crippen LogP contribution in [0.15, 0.2) is 10.3 Å². The number of thiophene rings is 1. The Hall–Kier alpha value is -0.570. The van der Waals surface area contributed by atoms with Crippen LogP contribution in [0.5, 0.6) is 0 Å². The van der Waals surface area contributed by atoms with E-state index < -0.39 is 16.0 Å². The number of carboxylic acid groups (broad SMARTS) is 1. The second kappa shape index (κ2) is 5.32. The molecule has 2 rings (SSSR count). The Balaban J connectivity index is 2.35. The van der Waals surface area contributed by atoms with Crippen molar-refractivity contribution >= 4 is 39.1 Å². The maximum atomic E-state index is 12.6. The van der Waals surface area contributed by atoms with Crippen molar-refractivity contribution in [2.24, 2.45) is 0 Å². The molecular weight excluding hydrogens is 318 g/mol. The molecule has 0 aliphatic carbocycles. The van der Waals surface area contributed by atoms with Gasteiger partial charge < -0.3 is 5.11 Å². The molecule has 0 bridgehead atoms. The molecule has 1 N–H and O–H groups in total. The van der Waals surface area contributed by atoms with Gasteiger partial charge >= 0.3 is 5.97 Å². The Bertz CT molecular complexity index is 633. The van der Waals surface area contributed by atoms with Gasteiger partial charge in [0.25, 0.3) is 10.0 Å². The highest BCUT2D eigenvalue weighted by Gasteiger charge is 2.36. The maximum Gasteiger partial charge on any atom is 0.346 e. The molecule has 0 radical (unpaired) electrons. The van der Waals surface area contributed by atoms with Gasteiger partial charge in [-0.2, -0.15) is 16.1 Å². The monoisotopic (exact) mass is 335 g/mol. The van der Waals surface area contributed by atoms with Crippen molar-refractivity contribution in [3.05, 3.63) is 16.5 Å². The highest BCUT2D eigenvalue weighted by molar-refractivity contribution is 8.00. The van der Waals surface area contributed by atoms with Crippen molar-refractivity contribution in [2.75, 3.05) is 18.8 Å². The number of nitrogens with zero attached hydrogens (tertiary/aromatic N) is 1. The molecular formula is C12H17NO4S3. The molecule has 1 fully saturated rings. The van der Waals surface area contributed by atoms with Crippen LogP contribution in [-0.2, 0) is 10.0 Å². The second-order valence-electron chi connectivity index (χ2n) is 5.33. The van der Waals surface area contributed by atoms with Crippen LogP contribution in [0.1, 0.15) is 29.1 Å². The minimum absolute atomic E-state index is 0.0919. The number of carboxylic acids is 1. The van der Waals surface area contributed by atoms with Crippen LogP contribution in [0, 0.1) is 6.92 Å². The van der Waals surface area contributed by atoms with Crippen LogP contribution in [0.2, 0.25) is 0 Å². The number of thioether (sulfide) groups is 1. The number of rotatable bonds is 3. The Labute approximate surface area is 127 Å². The zero-order valence-electron chi connectivity index (χ0n) is 11.5. The third-order valence-corrected chi connectivity index (χ3v) is 7.89. The Kier molecular flexibility index (Phi) is 4.21. The van der Waals surface area contributed by atoms with Gasteiger partial charge in [-0.15, -0.1) is 11.3 Å². The summed E-state index contributed by atoms with van der Waals surface area (Å²) in [5, 5.41) is 9.04. The predicted octanol–water partition coefficient (Wildman–Crippen LogP) is 2.27. The number of sulfonamides is 1. The smallest absolute Gasteiger partial charge is 0.346 e. The molecule has 0 saturated carbocycles. The largest absolute Gasteiger partial charge is 0.477 e. The van der Waals surface area contributed by atoms with E-state index in [4.69, 9.17) is 5.11 Å². The number of aryl methyl sites for hydroxylation is 1. The first kappa shape index (κ1) is 15.8. The normalized spacial score (nSPS) is 19.9. The molecule has 0 aromatic carbocycles. The molecule has 1 aliphatic heterocycles. The SMILES string of the molecule is Cc1cc(S(=O)(=O)N2CCSC(C)(C)C2)sc1C(=O)O. The van der Waals surface area contributed by atoms with Crippen molar-refractivity contribution in [3.8, 4) is 0 Å². The zero-order chi connectivity index (χ0) is 15.1. The third kappa shape index (κ3) is 3.03. The van der Waals surface area contributed by atoms with Gasteiger partial charge in [0.2, 0.25) is 0 Å². The van der Waals surface area contributed by atoms with Crippen molar-refractivity contribution in [1.29, 1.82) is 0 Å². The van der Waals surface area contributed by atoms with Crippen molar-refractivity contribution < 1.29 is 18.3 Å². The first-order valence-corrected chi connectivity index (χ1v) is 9.35. The Morgan fingerprint density at radius 2 is 2.10 bits per heavy atom. The molecule has 5 nitrogen and oxygen atoms in total. The van der Waals surface area contributed by atoms with Crippen LogP contribution in [0.25, 0.3) is 0 Å². The maximum absolute atomic E-state index is 12.6. The average molecular weight is 335 g/mol. The molecule has 0 amide bonds. The van der Waals surface area contributed by atoms with Gasteiger partial charge in [-0.25, -0.2) is 13.2 Å². The van der Waals surface area contributed by atoms with Crippen LogP contribution in [0.4, 0.5) is 0 Å². The van der Waals surface area contributed by atoms with Gasteiger partial charge in [0.1, 0.15) is 9.09 Å². The second-order valence-corrected chi connectivity index (χ2v) is 10.3. The zero-order valence-corrected chi connectivity index (χ0v) is 14.0. The van der Waals surface area contributed by atoms with Crippen LogP contribution in [0.3, 0.4) is 0 Å². The number of carbonyl (C=O) groups is 1. The first-order valence-electron chi connectivity index (χ1n) is 6.11. The molecule has 1 saturated heterocycles. The van der Waals surface area contributed by atoms with Crippen molar-refractivity contribution in [3.63, 3.8) is 0 Å². The van der Waals surface area contributed by atoms with E-state index in [0.717, 1.165) is 17.1 Å². The molecule has 1 aromatic heterocycles. The molecule has 0 spiro atoms. The van der Waals surface area contributed by atoms with E-state index in [0.29, 0.717) is 18.7 Å². The van der Waals surface area contributed by atoms with E-state index in [1.165, 1.54) is 10.4 Å². The minimum Gasteiger partial charge on any atom is -0.477 e. The lowest BCUT2D eigenvalue weighted by molar-refractivity contribution is 0.0701. The summed E-state index contributed by atoms with van der Waals surface area (Å²) in [6, 6.07) is 1.46. The summed E-state index contributed by atoms with van der Waals surface area (Å²) in [6.07, 6.45) is 0. The minimum atomic E-state index is -3.59. The molecule has 20 heavy (non-hydrogen) atoms. The fourth-order valence-electron chi connectivity index (χ4n) is 2.10. The van der Waals surface area contributed by atoms with Crippen LogP contribution >= 0.6 is 23.1 Å². The quantitative estimate of drug-likeness (QED) is 0.917. The highest BCUT2D eigenvalue weighted by Crippen LogP contribution is 2.35. The Morgan fingerprint density at radius 1 is 1.45 bits per heavy atom. The molecule has 1 aromatic rings. The molecule has 8 heteroatoms. The first-order chi connectivity index (χ1) is 9.13.